The van der Waals surface area contributed by atoms with E-state index in [1.54, 1.807) is 24.3 Å². The smallest absolute Gasteiger partial charge is 0.146 e. The van der Waals surface area contributed by atoms with E-state index in [-0.39, 0.29) is 5.75 Å². The van der Waals surface area contributed by atoms with Gasteiger partial charge in [-0.15, -0.1) is 0 Å². The summed E-state index contributed by atoms with van der Waals surface area (Å²) in [4.78, 5) is 4.31. The second kappa shape index (κ2) is 4.91. The van der Waals surface area contributed by atoms with Gasteiger partial charge in [-0.1, -0.05) is 0 Å². The van der Waals surface area contributed by atoms with Gasteiger partial charge in [0.2, 0.25) is 0 Å². The lowest BCUT2D eigenvalue weighted by atomic mass is 10.3. The Kier molecular flexibility index (Phi) is 3.32. The highest BCUT2D eigenvalue weighted by atomic mass is 16.5. The number of hydrogen-bond donors (Lipinski definition) is 1. The predicted molar refractivity (Wildman–Crippen MR) is 65.1 cm³/mol. The van der Waals surface area contributed by atoms with E-state index in [0.717, 1.165) is 23.8 Å². The zero-order chi connectivity index (χ0) is 12.3. The van der Waals surface area contributed by atoms with Crippen molar-refractivity contribution in [1.82, 2.24) is 9.55 Å². The third-order valence-electron chi connectivity index (χ3n) is 2.66. The number of aryl methyl sites for hydroxylation is 1. The number of benzene rings is 1. The monoisotopic (exact) mass is 232 g/mol. The fraction of sp³-hybridized carbons (Fsp3) is 0.308. The quantitative estimate of drug-likeness (QED) is 0.881. The van der Waals surface area contributed by atoms with Gasteiger partial charge in [0.15, 0.2) is 0 Å². The van der Waals surface area contributed by atoms with Crippen LogP contribution >= 0.6 is 0 Å². The minimum Gasteiger partial charge on any atom is -0.508 e. The van der Waals surface area contributed by atoms with Crippen LogP contribution < -0.4 is 4.74 Å². The van der Waals surface area contributed by atoms with Gasteiger partial charge in [0, 0.05) is 18.4 Å². The third kappa shape index (κ3) is 2.58. The van der Waals surface area contributed by atoms with Crippen LogP contribution in [-0.2, 0) is 13.2 Å². The Morgan fingerprint density at radius 3 is 2.65 bits per heavy atom. The van der Waals surface area contributed by atoms with E-state index >= 15 is 0 Å². The predicted octanol–water partition coefficient (Wildman–Crippen LogP) is 2.50. The number of rotatable bonds is 4. The average molecular weight is 232 g/mol. The third-order valence-corrected chi connectivity index (χ3v) is 2.66. The maximum absolute atomic E-state index is 9.16. The summed E-state index contributed by atoms with van der Waals surface area (Å²) in [5, 5.41) is 9.16. The molecule has 0 unspecified atom stereocenters. The van der Waals surface area contributed by atoms with Crippen LogP contribution in [-0.4, -0.2) is 14.7 Å². The van der Waals surface area contributed by atoms with Crippen molar-refractivity contribution < 1.29 is 9.84 Å². The number of hydrogen-bond acceptors (Lipinski definition) is 3. The van der Waals surface area contributed by atoms with E-state index in [9.17, 15) is 0 Å². The maximum Gasteiger partial charge on any atom is 0.146 e. The Balaban J connectivity index is 2.04. The van der Waals surface area contributed by atoms with Gasteiger partial charge in [-0.3, -0.25) is 0 Å². The van der Waals surface area contributed by atoms with Gasteiger partial charge in [-0.2, -0.15) is 0 Å². The molecule has 0 amide bonds. The molecule has 0 fully saturated rings. The molecular weight excluding hydrogens is 216 g/mol. The van der Waals surface area contributed by atoms with Gasteiger partial charge in [0.05, 0.1) is 0 Å². The second-order valence-electron chi connectivity index (χ2n) is 3.84. The largest absolute Gasteiger partial charge is 0.508 e. The van der Waals surface area contributed by atoms with Crippen molar-refractivity contribution in [3.05, 3.63) is 42.0 Å². The minimum absolute atomic E-state index is 0.239. The average Bonchev–Trinajstić information content (AvgIpc) is 2.69. The number of imidazole rings is 1. The Labute approximate surface area is 100 Å². The molecular formula is C13H16N2O2. The number of phenols is 1. The molecule has 0 atom stereocenters. The highest BCUT2D eigenvalue weighted by Gasteiger charge is 2.05. The van der Waals surface area contributed by atoms with Crippen LogP contribution in [0.5, 0.6) is 11.5 Å². The molecule has 0 saturated heterocycles. The SMILES string of the molecule is CCn1c(C)cnc1COc1ccc(O)cc1. The van der Waals surface area contributed by atoms with Crippen molar-refractivity contribution in [2.75, 3.05) is 0 Å². The van der Waals surface area contributed by atoms with E-state index in [4.69, 9.17) is 9.84 Å². The number of aromatic nitrogens is 2. The lowest BCUT2D eigenvalue weighted by Gasteiger charge is -2.08. The maximum atomic E-state index is 9.16. The number of aromatic hydroxyl groups is 1. The fourth-order valence-electron chi connectivity index (χ4n) is 1.75. The summed E-state index contributed by atoms with van der Waals surface area (Å²) in [7, 11) is 0. The minimum atomic E-state index is 0.239. The topological polar surface area (TPSA) is 47.3 Å². The molecule has 0 saturated carbocycles. The van der Waals surface area contributed by atoms with Crippen molar-refractivity contribution >= 4 is 0 Å². The first kappa shape index (κ1) is 11.5. The van der Waals surface area contributed by atoms with E-state index in [2.05, 4.69) is 16.5 Å². The summed E-state index contributed by atoms with van der Waals surface area (Å²) >= 11 is 0. The molecule has 90 valence electrons. The van der Waals surface area contributed by atoms with Gasteiger partial charge >= 0.3 is 0 Å². The standard InChI is InChI=1S/C13H16N2O2/c1-3-15-10(2)8-14-13(15)9-17-12-6-4-11(16)5-7-12/h4-8,16H,3,9H2,1-2H3. The molecule has 17 heavy (non-hydrogen) atoms. The van der Waals surface area contributed by atoms with Crippen molar-refractivity contribution in [3.8, 4) is 11.5 Å². The molecule has 2 rings (SSSR count). The molecule has 4 heteroatoms. The van der Waals surface area contributed by atoms with Gasteiger partial charge in [0.1, 0.15) is 23.9 Å². The number of nitrogens with zero attached hydrogens (tertiary/aromatic N) is 2. The van der Waals surface area contributed by atoms with Crippen LogP contribution in [0, 0.1) is 6.92 Å². The van der Waals surface area contributed by atoms with Gasteiger partial charge in [0.25, 0.3) is 0 Å². The fourth-order valence-corrected chi connectivity index (χ4v) is 1.75. The number of phenolic OH excluding ortho intramolecular Hbond substituents is 1. The summed E-state index contributed by atoms with van der Waals surface area (Å²) in [6.45, 7) is 5.44. The van der Waals surface area contributed by atoms with Gasteiger partial charge < -0.3 is 14.4 Å². The molecule has 1 heterocycles. The first-order chi connectivity index (χ1) is 8.20. The van der Waals surface area contributed by atoms with Crippen LogP contribution in [0.4, 0.5) is 0 Å². The summed E-state index contributed by atoms with van der Waals surface area (Å²) in [6, 6.07) is 6.68. The van der Waals surface area contributed by atoms with Crippen molar-refractivity contribution in [2.45, 2.75) is 27.0 Å². The van der Waals surface area contributed by atoms with Gasteiger partial charge in [-0.25, -0.2) is 4.98 Å². The number of ether oxygens (including phenoxy) is 1. The Hall–Kier alpha value is -1.97. The van der Waals surface area contributed by atoms with E-state index in [1.165, 1.54) is 0 Å². The highest BCUT2D eigenvalue weighted by molar-refractivity contribution is 5.30. The molecule has 0 aliphatic heterocycles. The van der Waals surface area contributed by atoms with Crippen LogP contribution in [0.1, 0.15) is 18.4 Å². The van der Waals surface area contributed by atoms with Crippen LogP contribution in [0.2, 0.25) is 0 Å². The second-order valence-corrected chi connectivity index (χ2v) is 3.84. The molecule has 2 aromatic rings. The molecule has 4 nitrogen and oxygen atoms in total. The molecule has 0 aliphatic carbocycles. The lowest BCUT2D eigenvalue weighted by molar-refractivity contribution is 0.289. The summed E-state index contributed by atoms with van der Waals surface area (Å²) in [6.07, 6.45) is 1.85. The zero-order valence-corrected chi connectivity index (χ0v) is 10.1. The summed E-state index contributed by atoms with van der Waals surface area (Å²) in [5.41, 5.74) is 1.14. The lowest BCUT2D eigenvalue weighted by Crippen LogP contribution is -2.07. The molecule has 0 spiro atoms. The molecule has 0 radical (unpaired) electrons. The Bertz CT molecular complexity index is 489. The molecule has 0 aliphatic rings. The normalized spacial score (nSPS) is 10.5. The Morgan fingerprint density at radius 2 is 2.00 bits per heavy atom. The molecule has 1 N–H and O–H groups in total. The molecule has 1 aromatic heterocycles. The van der Waals surface area contributed by atoms with Gasteiger partial charge in [-0.05, 0) is 38.1 Å². The van der Waals surface area contributed by atoms with Crippen LogP contribution in [0.3, 0.4) is 0 Å². The van der Waals surface area contributed by atoms with Crippen molar-refractivity contribution in [1.29, 1.82) is 0 Å². The van der Waals surface area contributed by atoms with E-state index < -0.39 is 0 Å². The first-order valence-electron chi connectivity index (χ1n) is 5.63. The molecule has 1 aromatic carbocycles. The summed E-state index contributed by atoms with van der Waals surface area (Å²) < 4.78 is 7.72. The summed E-state index contributed by atoms with van der Waals surface area (Å²) in [5.74, 6) is 1.88. The molecule has 0 bridgehead atoms. The first-order valence-corrected chi connectivity index (χ1v) is 5.63. The van der Waals surface area contributed by atoms with E-state index in [1.807, 2.05) is 13.1 Å². The van der Waals surface area contributed by atoms with Crippen LogP contribution in [0.25, 0.3) is 0 Å². The van der Waals surface area contributed by atoms with Crippen molar-refractivity contribution in [3.63, 3.8) is 0 Å². The van der Waals surface area contributed by atoms with Crippen molar-refractivity contribution in [2.24, 2.45) is 0 Å². The Morgan fingerprint density at radius 1 is 1.29 bits per heavy atom. The van der Waals surface area contributed by atoms with Crippen LogP contribution in [0.15, 0.2) is 30.5 Å². The highest BCUT2D eigenvalue weighted by Crippen LogP contribution is 2.17. The van der Waals surface area contributed by atoms with E-state index in [0.29, 0.717) is 6.61 Å². The zero-order valence-electron chi connectivity index (χ0n) is 10.1.